The van der Waals surface area contributed by atoms with E-state index in [0.717, 1.165) is 11.4 Å². The van der Waals surface area contributed by atoms with Gasteiger partial charge in [-0.1, -0.05) is 25.4 Å². The molecule has 0 atom stereocenters. The number of hydrogen-bond donors (Lipinski definition) is 0. The molecule has 0 fully saturated rings. The van der Waals surface area contributed by atoms with E-state index < -0.39 is 11.9 Å². The highest BCUT2D eigenvalue weighted by Gasteiger charge is 2.05. The molecule has 5 heteroatoms. The van der Waals surface area contributed by atoms with E-state index >= 15 is 0 Å². The predicted octanol–water partition coefficient (Wildman–Crippen LogP) is 0.815. The van der Waals surface area contributed by atoms with E-state index in [-0.39, 0.29) is 18.8 Å². The molecular weight excluding hydrogens is 204 g/mol. The maximum absolute atomic E-state index is 10.9. The Morgan fingerprint density at radius 1 is 1.29 bits per heavy atom. The van der Waals surface area contributed by atoms with Gasteiger partial charge in [0, 0.05) is 11.4 Å². The van der Waals surface area contributed by atoms with Crippen molar-refractivity contribution in [3.05, 3.63) is 24.8 Å². The van der Waals surface area contributed by atoms with E-state index in [1.807, 2.05) is 0 Å². The lowest BCUT2D eigenvalue weighted by Crippen LogP contribution is -2.13. The van der Waals surface area contributed by atoms with Gasteiger partial charge >= 0.3 is 11.9 Å². The molecule has 0 N–H and O–H groups in total. The second-order valence-corrected chi connectivity index (χ2v) is 2.39. The Hall–Kier alpha value is -1.49. The minimum Gasteiger partial charge on any atom is -0.459 e. The summed E-state index contributed by atoms with van der Waals surface area (Å²) in [6.45, 7) is 6.51. The van der Waals surface area contributed by atoms with Gasteiger partial charge in [-0.15, -0.1) is 0 Å². The van der Waals surface area contributed by atoms with Gasteiger partial charge in [-0.2, -0.15) is 0 Å². The number of carbonyl (C=O) groups is 2. The SMILES string of the molecule is C=CC(=O)OCCOC(=O)C(=C)C=S. The van der Waals surface area contributed by atoms with E-state index in [2.05, 4.69) is 34.8 Å². The number of ether oxygens (including phenoxy) is 2. The summed E-state index contributed by atoms with van der Waals surface area (Å²) in [4.78, 5) is 21.4. The fourth-order valence-corrected chi connectivity index (χ4v) is 0.573. The van der Waals surface area contributed by atoms with E-state index in [1.165, 1.54) is 0 Å². The molecule has 0 aromatic heterocycles. The first-order valence-corrected chi connectivity index (χ1v) is 4.19. The first-order valence-electron chi connectivity index (χ1n) is 3.72. The van der Waals surface area contributed by atoms with E-state index in [1.54, 1.807) is 0 Å². The van der Waals surface area contributed by atoms with Crippen LogP contribution in [0.15, 0.2) is 24.8 Å². The molecule has 0 heterocycles. The zero-order valence-corrected chi connectivity index (χ0v) is 8.34. The third-order valence-electron chi connectivity index (χ3n) is 1.13. The molecule has 14 heavy (non-hydrogen) atoms. The summed E-state index contributed by atoms with van der Waals surface area (Å²) in [5.41, 5.74) is 0.0926. The molecule has 0 bridgehead atoms. The van der Waals surface area contributed by atoms with Gasteiger partial charge in [-0.3, -0.25) is 0 Å². The molecule has 0 saturated carbocycles. The Morgan fingerprint density at radius 2 is 1.86 bits per heavy atom. The Bertz CT molecular complexity index is 270. The average Bonchev–Trinajstić information content (AvgIpc) is 2.22. The van der Waals surface area contributed by atoms with Gasteiger partial charge < -0.3 is 9.47 Å². The molecule has 0 aromatic carbocycles. The van der Waals surface area contributed by atoms with Crippen molar-refractivity contribution < 1.29 is 19.1 Å². The second kappa shape index (κ2) is 6.97. The average molecular weight is 214 g/mol. The maximum atomic E-state index is 10.9. The van der Waals surface area contributed by atoms with Crippen LogP contribution in [0.5, 0.6) is 0 Å². The molecule has 0 aromatic rings. The van der Waals surface area contributed by atoms with Crippen LogP contribution in [0.1, 0.15) is 0 Å². The zero-order chi connectivity index (χ0) is 11.0. The molecule has 0 radical (unpaired) electrons. The lowest BCUT2D eigenvalue weighted by atomic mass is 10.4. The number of carbonyl (C=O) groups excluding carboxylic acids is 2. The zero-order valence-electron chi connectivity index (χ0n) is 7.52. The quantitative estimate of drug-likeness (QED) is 0.283. The molecule has 0 rings (SSSR count). The molecule has 0 aliphatic heterocycles. The third-order valence-corrected chi connectivity index (χ3v) is 1.42. The summed E-state index contributed by atoms with van der Waals surface area (Å²) >= 11 is 4.47. The Labute approximate surface area is 87.2 Å². The van der Waals surface area contributed by atoms with E-state index in [0.29, 0.717) is 0 Å². The summed E-state index contributed by atoms with van der Waals surface area (Å²) in [7, 11) is 0. The summed E-state index contributed by atoms with van der Waals surface area (Å²) in [5, 5.41) is 1.12. The Kier molecular flexibility index (Phi) is 6.22. The molecular formula is C9H10O4S. The fourth-order valence-electron chi connectivity index (χ4n) is 0.476. The smallest absolute Gasteiger partial charge is 0.338 e. The monoisotopic (exact) mass is 214 g/mol. The lowest BCUT2D eigenvalue weighted by molar-refractivity contribution is -0.146. The van der Waals surface area contributed by atoms with Crippen LogP contribution in [0, 0.1) is 0 Å². The number of esters is 2. The number of hydrogen-bond acceptors (Lipinski definition) is 5. The van der Waals surface area contributed by atoms with E-state index in [9.17, 15) is 9.59 Å². The van der Waals surface area contributed by atoms with Crippen LogP contribution < -0.4 is 0 Å². The molecule has 4 nitrogen and oxygen atoms in total. The van der Waals surface area contributed by atoms with Gasteiger partial charge in [0.2, 0.25) is 0 Å². The van der Waals surface area contributed by atoms with Crippen molar-refractivity contribution in [2.24, 2.45) is 0 Å². The molecule has 0 aliphatic carbocycles. The van der Waals surface area contributed by atoms with Gasteiger partial charge in [-0.25, -0.2) is 9.59 Å². The number of thiocarbonyl (C=S) groups is 1. The Balaban J connectivity index is 3.59. The van der Waals surface area contributed by atoms with Crippen LogP contribution in [0.2, 0.25) is 0 Å². The minimum atomic E-state index is -0.616. The summed E-state index contributed by atoms with van der Waals surface area (Å²) in [6, 6.07) is 0. The highest BCUT2D eigenvalue weighted by atomic mass is 32.1. The molecule has 0 amide bonds. The van der Waals surface area contributed by atoms with Crippen molar-refractivity contribution in [2.45, 2.75) is 0 Å². The summed E-state index contributed by atoms with van der Waals surface area (Å²) in [6.07, 6.45) is 1.03. The minimum absolute atomic E-state index is 0.0126. The standard InChI is InChI=1S/C9H10O4S/c1-3-8(10)12-4-5-13-9(11)7(2)6-14/h3,6H,1-2,4-5H2. The lowest BCUT2D eigenvalue weighted by Gasteiger charge is -2.03. The third kappa shape index (κ3) is 5.21. The highest BCUT2D eigenvalue weighted by Crippen LogP contribution is 1.91. The van der Waals surface area contributed by atoms with Crippen molar-refractivity contribution in [1.29, 1.82) is 0 Å². The normalized spacial score (nSPS) is 8.57. The van der Waals surface area contributed by atoms with Crippen molar-refractivity contribution >= 4 is 29.5 Å². The number of rotatable bonds is 6. The molecule has 0 saturated heterocycles. The maximum Gasteiger partial charge on any atom is 0.338 e. The van der Waals surface area contributed by atoms with Crippen molar-refractivity contribution in [3.8, 4) is 0 Å². The summed E-state index contributed by atoms with van der Waals surface area (Å²) in [5.74, 6) is -1.18. The van der Waals surface area contributed by atoms with E-state index in [4.69, 9.17) is 0 Å². The van der Waals surface area contributed by atoms with Gasteiger partial charge in [0.15, 0.2) is 0 Å². The molecule has 0 aliphatic rings. The van der Waals surface area contributed by atoms with Crippen molar-refractivity contribution in [1.82, 2.24) is 0 Å². The van der Waals surface area contributed by atoms with Gasteiger partial charge in [0.1, 0.15) is 13.2 Å². The van der Waals surface area contributed by atoms with Crippen LogP contribution in [-0.4, -0.2) is 30.5 Å². The molecule has 76 valence electrons. The van der Waals surface area contributed by atoms with Crippen LogP contribution in [0.3, 0.4) is 0 Å². The second-order valence-electron chi connectivity index (χ2n) is 2.15. The molecule has 0 spiro atoms. The first-order chi connectivity index (χ1) is 6.61. The van der Waals surface area contributed by atoms with Crippen LogP contribution in [0.4, 0.5) is 0 Å². The predicted molar refractivity (Wildman–Crippen MR) is 54.9 cm³/mol. The summed E-state index contributed by atoms with van der Waals surface area (Å²) < 4.78 is 9.20. The van der Waals surface area contributed by atoms with Crippen molar-refractivity contribution in [3.63, 3.8) is 0 Å². The van der Waals surface area contributed by atoms with Crippen LogP contribution in [-0.2, 0) is 19.1 Å². The molecule has 0 unspecified atom stereocenters. The first kappa shape index (κ1) is 12.5. The Morgan fingerprint density at radius 3 is 2.36 bits per heavy atom. The van der Waals surface area contributed by atoms with Gasteiger partial charge in [0.25, 0.3) is 0 Å². The largest absolute Gasteiger partial charge is 0.459 e. The topological polar surface area (TPSA) is 52.6 Å². The highest BCUT2D eigenvalue weighted by molar-refractivity contribution is 7.79. The van der Waals surface area contributed by atoms with Crippen LogP contribution in [0.25, 0.3) is 0 Å². The fraction of sp³-hybridized carbons (Fsp3) is 0.222. The van der Waals surface area contributed by atoms with Gasteiger partial charge in [-0.05, 0) is 0 Å². The van der Waals surface area contributed by atoms with Crippen molar-refractivity contribution in [2.75, 3.05) is 13.2 Å². The van der Waals surface area contributed by atoms with Gasteiger partial charge in [0.05, 0.1) is 5.57 Å². The van der Waals surface area contributed by atoms with Crippen LogP contribution >= 0.6 is 12.2 Å².